The van der Waals surface area contributed by atoms with Crippen molar-refractivity contribution < 1.29 is 0 Å². The summed E-state index contributed by atoms with van der Waals surface area (Å²) in [7, 11) is 0. The van der Waals surface area contributed by atoms with E-state index in [-0.39, 0.29) is 0 Å². The second kappa shape index (κ2) is 8.34. The number of hydrogen-bond donors (Lipinski definition) is 1. The van der Waals surface area contributed by atoms with Crippen molar-refractivity contribution in [1.29, 1.82) is 0 Å². The van der Waals surface area contributed by atoms with Crippen molar-refractivity contribution in [3.05, 3.63) is 53.7 Å². The number of nitrogens with zero attached hydrogens (tertiary/aromatic N) is 6. The van der Waals surface area contributed by atoms with Crippen molar-refractivity contribution in [2.24, 2.45) is 0 Å². The Kier molecular flexibility index (Phi) is 5.26. The van der Waals surface area contributed by atoms with E-state index in [1.165, 1.54) is 11.3 Å². The van der Waals surface area contributed by atoms with E-state index >= 15 is 0 Å². The monoisotopic (exact) mass is 401 g/mol. The third-order valence-electron chi connectivity index (χ3n) is 6.06. The Morgan fingerprint density at radius 1 is 1.07 bits per heavy atom. The maximum Gasteiger partial charge on any atom is 0.180 e. The molecule has 0 amide bonds. The fourth-order valence-electron chi connectivity index (χ4n) is 4.36. The van der Waals surface area contributed by atoms with Crippen LogP contribution in [0.1, 0.15) is 43.1 Å². The number of hydrogen-bond acceptors (Lipinski definition) is 7. The van der Waals surface area contributed by atoms with E-state index in [4.69, 9.17) is 9.97 Å². The number of rotatable bonds is 5. The van der Waals surface area contributed by atoms with Crippen molar-refractivity contribution >= 4 is 11.6 Å². The van der Waals surface area contributed by atoms with Crippen molar-refractivity contribution in [1.82, 2.24) is 24.9 Å². The molecule has 0 bridgehead atoms. The van der Waals surface area contributed by atoms with Gasteiger partial charge in [0.25, 0.3) is 0 Å². The minimum Gasteiger partial charge on any atom is -0.367 e. The van der Waals surface area contributed by atoms with E-state index in [1.807, 2.05) is 18.2 Å². The molecule has 7 nitrogen and oxygen atoms in total. The molecule has 0 radical (unpaired) electrons. The molecule has 0 saturated carbocycles. The highest BCUT2D eigenvalue weighted by molar-refractivity contribution is 5.58. The molecule has 1 aliphatic heterocycles. The van der Waals surface area contributed by atoms with Crippen molar-refractivity contribution in [3.8, 4) is 11.5 Å². The molecule has 1 aliphatic carbocycles. The van der Waals surface area contributed by atoms with Gasteiger partial charge in [0, 0.05) is 48.3 Å². The van der Waals surface area contributed by atoms with Crippen LogP contribution in [0.5, 0.6) is 0 Å². The fourth-order valence-corrected chi connectivity index (χ4v) is 4.36. The molecule has 0 atom stereocenters. The van der Waals surface area contributed by atoms with E-state index in [9.17, 15) is 0 Å². The zero-order valence-electron chi connectivity index (χ0n) is 17.4. The molecule has 0 unspecified atom stereocenters. The van der Waals surface area contributed by atoms with E-state index in [2.05, 4.69) is 38.2 Å². The van der Waals surface area contributed by atoms with Gasteiger partial charge in [-0.05, 0) is 50.7 Å². The first-order chi connectivity index (χ1) is 14.8. The lowest BCUT2D eigenvalue weighted by molar-refractivity contribution is 0.521. The first-order valence-electron chi connectivity index (χ1n) is 10.9. The maximum atomic E-state index is 4.89. The van der Waals surface area contributed by atoms with Crippen molar-refractivity contribution in [3.63, 3.8) is 0 Å². The molecular weight excluding hydrogens is 374 g/mol. The number of nitrogens with one attached hydrogen (secondary N) is 1. The largest absolute Gasteiger partial charge is 0.367 e. The van der Waals surface area contributed by atoms with Crippen LogP contribution < -0.4 is 10.2 Å². The number of fused-ring (bicyclic) bond motifs is 1. The SMILES string of the molecule is CCc1cc(N2CCC(Nc3nc(-c4ccccn4)nc4c3CCC4)CC2)ncn1. The first-order valence-corrected chi connectivity index (χ1v) is 10.9. The van der Waals surface area contributed by atoms with Gasteiger partial charge in [0.15, 0.2) is 5.82 Å². The predicted octanol–water partition coefficient (Wildman–Crippen LogP) is 3.46. The normalized spacial score (nSPS) is 16.5. The van der Waals surface area contributed by atoms with Gasteiger partial charge in [-0.3, -0.25) is 4.98 Å². The van der Waals surface area contributed by atoms with Crippen LogP contribution >= 0.6 is 0 Å². The van der Waals surface area contributed by atoms with E-state index in [1.54, 1.807) is 12.5 Å². The highest BCUT2D eigenvalue weighted by Gasteiger charge is 2.25. The van der Waals surface area contributed by atoms with E-state index in [0.717, 1.165) is 80.5 Å². The summed E-state index contributed by atoms with van der Waals surface area (Å²) in [4.78, 5) is 25.3. The lowest BCUT2D eigenvalue weighted by atomic mass is 10.0. The van der Waals surface area contributed by atoms with Crippen LogP contribution in [0.4, 0.5) is 11.6 Å². The maximum absolute atomic E-state index is 4.89. The molecule has 0 aromatic carbocycles. The van der Waals surface area contributed by atoms with Gasteiger partial charge in [-0.15, -0.1) is 0 Å². The van der Waals surface area contributed by atoms with Crippen LogP contribution in [0.15, 0.2) is 36.8 Å². The predicted molar refractivity (Wildman–Crippen MR) is 118 cm³/mol. The van der Waals surface area contributed by atoms with Gasteiger partial charge in [0.1, 0.15) is 23.7 Å². The lowest BCUT2D eigenvalue weighted by Gasteiger charge is -2.33. The number of aromatic nitrogens is 5. The van der Waals surface area contributed by atoms with Gasteiger partial charge in [-0.2, -0.15) is 0 Å². The zero-order chi connectivity index (χ0) is 20.3. The second-order valence-electron chi connectivity index (χ2n) is 8.02. The summed E-state index contributed by atoms with van der Waals surface area (Å²) in [6.45, 7) is 4.10. The molecule has 1 fully saturated rings. The third kappa shape index (κ3) is 3.84. The smallest absolute Gasteiger partial charge is 0.180 e. The summed E-state index contributed by atoms with van der Waals surface area (Å²) < 4.78 is 0. The van der Waals surface area contributed by atoms with Crippen LogP contribution in [-0.4, -0.2) is 44.1 Å². The van der Waals surface area contributed by atoms with Gasteiger partial charge in [0.05, 0.1) is 0 Å². The molecule has 1 saturated heterocycles. The van der Waals surface area contributed by atoms with Gasteiger partial charge in [-0.25, -0.2) is 19.9 Å². The molecule has 3 aromatic heterocycles. The number of pyridine rings is 1. The third-order valence-corrected chi connectivity index (χ3v) is 6.06. The molecule has 7 heteroatoms. The van der Waals surface area contributed by atoms with Crippen molar-refractivity contribution in [2.45, 2.75) is 51.5 Å². The molecule has 3 aromatic rings. The van der Waals surface area contributed by atoms with Crippen LogP contribution in [0.3, 0.4) is 0 Å². The fraction of sp³-hybridized carbons (Fsp3) is 0.435. The number of piperidine rings is 1. The van der Waals surface area contributed by atoms with E-state index in [0.29, 0.717) is 6.04 Å². The molecule has 0 spiro atoms. The van der Waals surface area contributed by atoms with Gasteiger partial charge >= 0.3 is 0 Å². The lowest BCUT2D eigenvalue weighted by Crippen LogP contribution is -2.40. The Hall–Kier alpha value is -3.09. The average molecular weight is 402 g/mol. The van der Waals surface area contributed by atoms with Crippen LogP contribution in [-0.2, 0) is 19.3 Å². The van der Waals surface area contributed by atoms with E-state index < -0.39 is 0 Å². The zero-order valence-corrected chi connectivity index (χ0v) is 17.4. The molecule has 30 heavy (non-hydrogen) atoms. The van der Waals surface area contributed by atoms with Crippen molar-refractivity contribution in [2.75, 3.05) is 23.3 Å². The van der Waals surface area contributed by atoms with Crippen LogP contribution in [0.2, 0.25) is 0 Å². The average Bonchev–Trinajstić information content (AvgIpc) is 3.29. The topological polar surface area (TPSA) is 79.7 Å². The summed E-state index contributed by atoms with van der Waals surface area (Å²) >= 11 is 0. The standard InChI is InChI=1S/C23H27N7/c1-2-16-14-21(26-15-25-16)30-12-9-17(10-13-30)27-22-18-6-5-8-19(18)28-23(29-22)20-7-3-4-11-24-20/h3-4,7,11,14-15,17H,2,5-6,8-10,12-13H2,1H3,(H,27,28,29). The molecule has 2 aliphatic rings. The Bertz CT molecular complexity index is 1010. The molecule has 5 rings (SSSR count). The number of anilines is 2. The number of aryl methyl sites for hydroxylation is 2. The quantitative estimate of drug-likeness (QED) is 0.701. The van der Waals surface area contributed by atoms with Gasteiger partial charge < -0.3 is 10.2 Å². The molecule has 1 N–H and O–H groups in total. The summed E-state index contributed by atoms with van der Waals surface area (Å²) in [6.07, 6.45) is 9.76. The van der Waals surface area contributed by atoms with Gasteiger partial charge in [0.2, 0.25) is 0 Å². The molecule has 154 valence electrons. The Morgan fingerprint density at radius 2 is 1.97 bits per heavy atom. The highest BCUT2D eigenvalue weighted by atomic mass is 15.2. The summed E-state index contributed by atoms with van der Waals surface area (Å²) in [5, 5.41) is 3.75. The summed E-state index contributed by atoms with van der Waals surface area (Å²) in [5.41, 5.74) is 4.40. The minimum absolute atomic E-state index is 0.407. The Morgan fingerprint density at radius 3 is 2.77 bits per heavy atom. The molecular formula is C23H27N7. The highest BCUT2D eigenvalue weighted by Crippen LogP contribution is 2.30. The second-order valence-corrected chi connectivity index (χ2v) is 8.02. The summed E-state index contributed by atoms with van der Waals surface area (Å²) in [5.74, 6) is 2.77. The molecule has 4 heterocycles. The first kappa shape index (κ1) is 18.9. The minimum atomic E-state index is 0.407. The Labute approximate surface area is 177 Å². The van der Waals surface area contributed by atoms with Crippen LogP contribution in [0.25, 0.3) is 11.5 Å². The van der Waals surface area contributed by atoms with Gasteiger partial charge in [-0.1, -0.05) is 13.0 Å². The van der Waals surface area contributed by atoms with Crippen LogP contribution in [0, 0.1) is 0 Å². The Balaban J connectivity index is 1.31. The summed E-state index contributed by atoms with van der Waals surface area (Å²) in [6, 6.07) is 8.41.